The number of hydrogen-bond acceptors (Lipinski definition) is 1. The van der Waals surface area contributed by atoms with Gasteiger partial charge in [0.1, 0.15) is 0 Å². The van der Waals surface area contributed by atoms with Gasteiger partial charge in [-0.05, 0) is 32.2 Å². The van der Waals surface area contributed by atoms with Crippen molar-refractivity contribution < 1.29 is 8.78 Å². The third-order valence-corrected chi connectivity index (χ3v) is 3.77. The lowest BCUT2D eigenvalue weighted by atomic mass is 9.77. The first kappa shape index (κ1) is 10.3. The zero-order valence-corrected chi connectivity index (χ0v) is 8.62. The van der Waals surface area contributed by atoms with Crippen molar-refractivity contribution in [3.63, 3.8) is 0 Å². The zero-order chi connectivity index (χ0) is 10.1. The number of hydrogen-bond donors (Lipinski definition) is 1. The Bertz CT molecular complexity index is 183. The lowest BCUT2D eigenvalue weighted by Crippen LogP contribution is -2.49. The highest BCUT2D eigenvalue weighted by Gasteiger charge is 2.42. The SMILES string of the molecule is FC1(F)CCC2(CCCCCN2)CC1. The van der Waals surface area contributed by atoms with E-state index >= 15 is 0 Å². The van der Waals surface area contributed by atoms with Gasteiger partial charge in [0.05, 0.1) is 0 Å². The third-order valence-electron chi connectivity index (χ3n) is 3.77. The van der Waals surface area contributed by atoms with Crippen molar-refractivity contribution in [2.75, 3.05) is 6.54 Å². The fourth-order valence-corrected chi connectivity index (χ4v) is 2.73. The van der Waals surface area contributed by atoms with Gasteiger partial charge in [0.25, 0.3) is 0 Å². The first-order valence-electron chi connectivity index (χ1n) is 5.75. The summed E-state index contributed by atoms with van der Waals surface area (Å²) < 4.78 is 26.0. The van der Waals surface area contributed by atoms with Crippen LogP contribution in [0.3, 0.4) is 0 Å². The average molecular weight is 203 g/mol. The van der Waals surface area contributed by atoms with Crippen molar-refractivity contribution in [3.05, 3.63) is 0 Å². The summed E-state index contributed by atoms with van der Waals surface area (Å²) in [6.45, 7) is 1.02. The Morgan fingerprint density at radius 2 is 1.50 bits per heavy atom. The van der Waals surface area contributed by atoms with Gasteiger partial charge in [-0.2, -0.15) is 0 Å². The van der Waals surface area contributed by atoms with E-state index in [0.29, 0.717) is 12.8 Å². The average Bonchev–Trinajstić information content (AvgIpc) is 2.37. The number of rotatable bonds is 0. The van der Waals surface area contributed by atoms with Crippen LogP contribution in [-0.4, -0.2) is 18.0 Å². The van der Waals surface area contributed by atoms with E-state index in [-0.39, 0.29) is 18.4 Å². The van der Waals surface area contributed by atoms with Crippen LogP contribution in [-0.2, 0) is 0 Å². The van der Waals surface area contributed by atoms with Gasteiger partial charge in [-0.25, -0.2) is 8.78 Å². The predicted octanol–water partition coefficient (Wildman–Crippen LogP) is 3.10. The Labute approximate surface area is 84.3 Å². The molecule has 0 amide bonds. The van der Waals surface area contributed by atoms with Gasteiger partial charge in [-0.3, -0.25) is 0 Å². The highest BCUT2D eigenvalue weighted by Crippen LogP contribution is 2.41. The topological polar surface area (TPSA) is 12.0 Å². The van der Waals surface area contributed by atoms with Gasteiger partial charge in [0.15, 0.2) is 0 Å². The summed E-state index contributed by atoms with van der Waals surface area (Å²) in [5.41, 5.74) is 0.0676. The summed E-state index contributed by atoms with van der Waals surface area (Å²) in [7, 11) is 0. The van der Waals surface area contributed by atoms with Crippen LogP contribution in [0.5, 0.6) is 0 Å². The Kier molecular flexibility index (Phi) is 2.78. The highest BCUT2D eigenvalue weighted by atomic mass is 19.3. The molecule has 82 valence electrons. The Morgan fingerprint density at radius 1 is 0.786 bits per heavy atom. The van der Waals surface area contributed by atoms with E-state index in [2.05, 4.69) is 5.32 Å². The van der Waals surface area contributed by atoms with Gasteiger partial charge in [0, 0.05) is 18.4 Å². The van der Waals surface area contributed by atoms with Crippen molar-refractivity contribution >= 4 is 0 Å². The van der Waals surface area contributed by atoms with Gasteiger partial charge in [-0.1, -0.05) is 12.8 Å². The Balaban J connectivity index is 1.96. The quantitative estimate of drug-likeness (QED) is 0.638. The second kappa shape index (κ2) is 3.76. The molecule has 0 radical (unpaired) electrons. The molecule has 1 nitrogen and oxygen atoms in total. The molecule has 2 rings (SSSR count). The monoisotopic (exact) mass is 203 g/mol. The molecule has 1 aliphatic carbocycles. The molecule has 1 aliphatic heterocycles. The van der Waals surface area contributed by atoms with Crippen LogP contribution in [0.15, 0.2) is 0 Å². The molecule has 0 unspecified atom stereocenters. The molecule has 1 saturated heterocycles. The fourth-order valence-electron chi connectivity index (χ4n) is 2.73. The predicted molar refractivity (Wildman–Crippen MR) is 52.6 cm³/mol. The van der Waals surface area contributed by atoms with Crippen LogP contribution in [0.1, 0.15) is 51.4 Å². The fraction of sp³-hybridized carbons (Fsp3) is 1.00. The van der Waals surface area contributed by atoms with E-state index in [1.165, 1.54) is 19.3 Å². The van der Waals surface area contributed by atoms with E-state index in [4.69, 9.17) is 0 Å². The molecule has 2 fully saturated rings. The molecule has 0 aromatic heterocycles. The first-order chi connectivity index (χ1) is 6.62. The van der Waals surface area contributed by atoms with Gasteiger partial charge in [-0.15, -0.1) is 0 Å². The van der Waals surface area contributed by atoms with Crippen LogP contribution < -0.4 is 5.32 Å². The lowest BCUT2D eigenvalue weighted by Gasteiger charge is -2.40. The number of nitrogens with one attached hydrogen (secondary N) is 1. The molecule has 0 atom stereocenters. The summed E-state index contributed by atoms with van der Waals surface area (Å²) in [4.78, 5) is 0. The van der Waals surface area contributed by atoms with Crippen molar-refractivity contribution in [2.45, 2.75) is 62.8 Å². The molecular weight excluding hydrogens is 184 g/mol. The smallest absolute Gasteiger partial charge is 0.248 e. The lowest BCUT2D eigenvalue weighted by molar-refractivity contribution is -0.0565. The van der Waals surface area contributed by atoms with E-state index < -0.39 is 5.92 Å². The normalized spacial score (nSPS) is 31.3. The van der Waals surface area contributed by atoms with Crippen molar-refractivity contribution in [1.82, 2.24) is 5.32 Å². The van der Waals surface area contributed by atoms with Crippen LogP contribution in [0, 0.1) is 0 Å². The van der Waals surface area contributed by atoms with E-state index in [0.717, 1.165) is 13.0 Å². The summed E-state index contributed by atoms with van der Waals surface area (Å²) in [6, 6.07) is 0. The molecule has 1 N–H and O–H groups in total. The van der Waals surface area contributed by atoms with E-state index in [1.54, 1.807) is 0 Å². The Hall–Kier alpha value is -0.180. The third kappa shape index (κ3) is 2.25. The summed E-state index contributed by atoms with van der Waals surface area (Å²) >= 11 is 0. The van der Waals surface area contributed by atoms with Crippen LogP contribution >= 0.6 is 0 Å². The van der Waals surface area contributed by atoms with Crippen LogP contribution in [0.25, 0.3) is 0 Å². The minimum Gasteiger partial charge on any atom is -0.311 e. The van der Waals surface area contributed by atoms with E-state index in [9.17, 15) is 8.78 Å². The molecule has 1 heterocycles. The molecule has 14 heavy (non-hydrogen) atoms. The first-order valence-corrected chi connectivity index (χ1v) is 5.75. The number of halogens is 2. The zero-order valence-electron chi connectivity index (χ0n) is 8.62. The van der Waals surface area contributed by atoms with Gasteiger partial charge >= 0.3 is 0 Å². The summed E-state index contributed by atoms with van der Waals surface area (Å²) in [5.74, 6) is -2.39. The largest absolute Gasteiger partial charge is 0.311 e. The maximum Gasteiger partial charge on any atom is 0.248 e. The molecular formula is C11H19F2N. The van der Waals surface area contributed by atoms with Crippen molar-refractivity contribution in [1.29, 1.82) is 0 Å². The molecule has 1 spiro atoms. The van der Waals surface area contributed by atoms with Crippen LogP contribution in [0.2, 0.25) is 0 Å². The van der Waals surface area contributed by atoms with Crippen molar-refractivity contribution in [2.24, 2.45) is 0 Å². The maximum absolute atomic E-state index is 13.0. The van der Waals surface area contributed by atoms with Crippen LogP contribution in [0.4, 0.5) is 8.78 Å². The summed E-state index contributed by atoms with van der Waals surface area (Å²) in [5, 5.41) is 3.50. The molecule has 2 aliphatic rings. The molecule has 0 bridgehead atoms. The van der Waals surface area contributed by atoms with Gasteiger partial charge < -0.3 is 5.32 Å². The number of alkyl halides is 2. The molecule has 0 aromatic carbocycles. The van der Waals surface area contributed by atoms with E-state index in [1.807, 2.05) is 0 Å². The summed E-state index contributed by atoms with van der Waals surface area (Å²) in [6.07, 6.45) is 6.27. The molecule has 1 saturated carbocycles. The maximum atomic E-state index is 13.0. The highest BCUT2D eigenvalue weighted by molar-refractivity contribution is 4.96. The van der Waals surface area contributed by atoms with Crippen molar-refractivity contribution in [3.8, 4) is 0 Å². The van der Waals surface area contributed by atoms with Gasteiger partial charge in [0.2, 0.25) is 5.92 Å². The standard InChI is InChI=1S/C11H19F2N/c12-11(13)7-5-10(6-8-11)4-2-1-3-9-14-10/h14H,1-9H2. The molecule has 3 heteroatoms. The minimum absolute atomic E-state index is 0.0676. The minimum atomic E-state index is -2.39. The molecule has 0 aromatic rings. The second-order valence-electron chi connectivity index (χ2n) is 4.87. The Morgan fingerprint density at radius 3 is 2.21 bits per heavy atom. The second-order valence-corrected chi connectivity index (χ2v) is 4.87.